The highest BCUT2D eigenvalue weighted by molar-refractivity contribution is 5.02. The second-order valence-electron chi connectivity index (χ2n) is 6.73. The molecule has 2 unspecified atom stereocenters. The zero-order valence-electron chi connectivity index (χ0n) is 12.6. The number of hydrogen-bond acceptors (Lipinski definition) is 5. The Kier molecular flexibility index (Phi) is 3.97. The van der Waals surface area contributed by atoms with E-state index in [1.54, 1.807) is 0 Å². The zero-order chi connectivity index (χ0) is 14.2. The van der Waals surface area contributed by atoms with Gasteiger partial charge in [-0.15, -0.1) is 0 Å². The molecule has 1 aromatic rings. The highest BCUT2D eigenvalue weighted by atomic mass is 16.5. The third kappa shape index (κ3) is 3.54. The van der Waals surface area contributed by atoms with E-state index in [0.29, 0.717) is 18.4 Å². The number of aliphatic hydroxyl groups is 1. The molecule has 5 heteroatoms. The van der Waals surface area contributed by atoms with E-state index in [9.17, 15) is 5.11 Å². The van der Waals surface area contributed by atoms with Crippen LogP contribution in [-0.2, 0) is 5.41 Å². The minimum atomic E-state index is -0.238. The van der Waals surface area contributed by atoms with E-state index < -0.39 is 0 Å². The Balaban J connectivity index is 1.97. The largest absolute Gasteiger partial charge is 0.392 e. The lowest BCUT2D eigenvalue weighted by Crippen LogP contribution is -2.32. The van der Waals surface area contributed by atoms with Crippen molar-refractivity contribution in [1.82, 2.24) is 15.0 Å². The van der Waals surface area contributed by atoms with Crippen molar-refractivity contribution in [3.8, 4) is 0 Å². The molecule has 2 atom stereocenters. The van der Waals surface area contributed by atoms with E-state index in [2.05, 4.69) is 35.8 Å². The fourth-order valence-corrected chi connectivity index (χ4v) is 1.98. The lowest BCUT2D eigenvalue weighted by molar-refractivity contribution is 0.0833. The Morgan fingerprint density at radius 2 is 2.05 bits per heavy atom. The molecule has 1 heterocycles. The van der Waals surface area contributed by atoms with E-state index in [0.717, 1.165) is 18.7 Å². The number of nitrogens with zero attached hydrogens (tertiary/aromatic N) is 3. The van der Waals surface area contributed by atoms with Gasteiger partial charge in [0.2, 0.25) is 5.89 Å². The molecule has 2 rings (SSSR count). The fourth-order valence-electron chi connectivity index (χ4n) is 1.98. The van der Waals surface area contributed by atoms with E-state index >= 15 is 0 Å². The van der Waals surface area contributed by atoms with Crippen molar-refractivity contribution in [2.75, 3.05) is 13.6 Å². The molecule has 1 fully saturated rings. The maximum absolute atomic E-state index is 9.98. The summed E-state index contributed by atoms with van der Waals surface area (Å²) in [5.41, 5.74) is -0.104. The van der Waals surface area contributed by atoms with Crippen molar-refractivity contribution in [1.29, 1.82) is 0 Å². The average molecular weight is 267 g/mol. The minimum absolute atomic E-state index is 0.0250. The van der Waals surface area contributed by atoms with Gasteiger partial charge in [0, 0.05) is 12.0 Å². The molecule has 0 bridgehead atoms. The van der Waals surface area contributed by atoms with Crippen molar-refractivity contribution in [3.63, 3.8) is 0 Å². The van der Waals surface area contributed by atoms with Crippen LogP contribution in [0.25, 0.3) is 0 Å². The van der Waals surface area contributed by atoms with Gasteiger partial charge in [-0.1, -0.05) is 25.9 Å². The second kappa shape index (κ2) is 5.21. The highest BCUT2D eigenvalue weighted by Gasteiger charge is 2.32. The predicted molar refractivity (Wildman–Crippen MR) is 72.8 cm³/mol. The molecule has 1 N–H and O–H groups in total. The van der Waals surface area contributed by atoms with Crippen LogP contribution in [0.3, 0.4) is 0 Å². The average Bonchev–Trinajstić information content (AvgIpc) is 3.03. The smallest absolute Gasteiger partial charge is 0.243 e. The molecule has 1 aromatic heterocycles. The quantitative estimate of drug-likeness (QED) is 0.885. The topological polar surface area (TPSA) is 62.4 Å². The minimum Gasteiger partial charge on any atom is -0.392 e. The van der Waals surface area contributed by atoms with Crippen molar-refractivity contribution in [2.45, 2.75) is 58.1 Å². The number of aliphatic hydroxyl groups excluding tert-OH is 1. The summed E-state index contributed by atoms with van der Waals surface area (Å²) in [6, 6.07) is 0.0250. The fraction of sp³-hybridized carbons (Fsp3) is 0.857. The summed E-state index contributed by atoms with van der Waals surface area (Å²) in [4.78, 5) is 6.54. The zero-order valence-corrected chi connectivity index (χ0v) is 12.6. The van der Waals surface area contributed by atoms with Crippen LogP contribution in [0.1, 0.15) is 58.3 Å². The van der Waals surface area contributed by atoms with E-state index in [-0.39, 0.29) is 17.6 Å². The van der Waals surface area contributed by atoms with Crippen LogP contribution in [-0.4, -0.2) is 39.8 Å². The summed E-state index contributed by atoms with van der Waals surface area (Å²) >= 11 is 0. The first kappa shape index (κ1) is 14.5. The highest BCUT2D eigenvalue weighted by Crippen LogP contribution is 2.33. The molecule has 108 valence electrons. The summed E-state index contributed by atoms with van der Waals surface area (Å²) in [5.74, 6) is 1.84. The molecule has 1 aliphatic carbocycles. The van der Waals surface area contributed by atoms with Crippen LogP contribution in [0.5, 0.6) is 0 Å². The first-order valence-electron chi connectivity index (χ1n) is 7.01. The predicted octanol–water partition coefficient (Wildman–Crippen LogP) is 2.13. The molecule has 19 heavy (non-hydrogen) atoms. The molecular weight excluding hydrogens is 242 g/mol. The van der Waals surface area contributed by atoms with Crippen LogP contribution < -0.4 is 0 Å². The molecule has 0 aliphatic heterocycles. The number of likely N-dealkylation sites (N-methyl/N-ethyl adjacent to an activating group) is 1. The monoisotopic (exact) mass is 267 g/mol. The van der Waals surface area contributed by atoms with Gasteiger partial charge in [0.1, 0.15) is 0 Å². The molecule has 0 aromatic carbocycles. The van der Waals surface area contributed by atoms with Crippen LogP contribution in [0, 0.1) is 5.92 Å². The van der Waals surface area contributed by atoms with Crippen molar-refractivity contribution in [3.05, 3.63) is 11.7 Å². The molecule has 0 saturated heterocycles. The van der Waals surface area contributed by atoms with Crippen LogP contribution >= 0.6 is 0 Å². The molecule has 0 spiro atoms. The Bertz CT molecular complexity index is 421. The van der Waals surface area contributed by atoms with Gasteiger partial charge in [-0.3, -0.25) is 4.90 Å². The van der Waals surface area contributed by atoms with Crippen molar-refractivity contribution in [2.24, 2.45) is 5.92 Å². The Hall–Kier alpha value is -0.940. The van der Waals surface area contributed by atoms with Crippen LogP contribution in [0.15, 0.2) is 4.52 Å². The molecule has 1 saturated carbocycles. The summed E-state index contributed by atoms with van der Waals surface area (Å²) in [6.07, 6.45) is 2.06. The first-order valence-corrected chi connectivity index (χ1v) is 7.01. The number of rotatable bonds is 5. The van der Waals surface area contributed by atoms with Gasteiger partial charge in [-0.05, 0) is 32.7 Å². The number of hydrogen-bond donors (Lipinski definition) is 1. The van der Waals surface area contributed by atoms with Gasteiger partial charge in [0.15, 0.2) is 5.82 Å². The first-order chi connectivity index (χ1) is 8.79. The lowest BCUT2D eigenvalue weighted by Gasteiger charge is -2.24. The van der Waals surface area contributed by atoms with Crippen LogP contribution in [0.2, 0.25) is 0 Å². The standard InChI is InChI=1S/C14H25N3O2/c1-9(17(5)8-11(18)10-6-7-10)12-15-13(16-19-12)14(2,3)4/h9-11,18H,6-8H2,1-5H3. The van der Waals surface area contributed by atoms with Crippen LogP contribution in [0.4, 0.5) is 0 Å². The van der Waals surface area contributed by atoms with Gasteiger partial charge in [-0.25, -0.2) is 0 Å². The normalized spacial score (nSPS) is 19.7. The Morgan fingerprint density at radius 3 is 2.53 bits per heavy atom. The molecule has 5 nitrogen and oxygen atoms in total. The van der Waals surface area contributed by atoms with Gasteiger partial charge in [0.25, 0.3) is 0 Å². The maximum atomic E-state index is 9.98. The maximum Gasteiger partial charge on any atom is 0.243 e. The lowest BCUT2D eigenvalue weighted by atomic mass is 9.96. The third-order valence-electron chi connectivity index (χ3n) is 3.77. The van der Waals surface area contributed by atoms with Gasteiger partial charge in [-0.2, -0.15) is 4.98 Å². The number of aromatic nitrogens is 2. The molecule has 1 aliphatic rings. The summed E-state index contributed by atoms with van der Waals surface area (Å²) in [7, 11) is 1.98. The van der Waals surface area contributed by atoms with E-state index in [1.807, 2.05) is 14.0 Å². The van der Waals surface area contributed by atoms with E-state index in [4.69, 9.17) is 4.52 Å². The molecule has 0 amide bonds. The van der Waals surface area contributed by atoms with Crippen molar-refractivity contribution < 1.29 is 9.63 Å². The van der Waals surface area contributed by atoms with Gasteiger partial charge < -0.3 is 9.63 Å². The summed E-state index contributed by atoms with van der Waals surface area (Å²) in [6.45, 7) is 8.87. The SMILES string of the molecule is CC(c1nc(C(C)(C)C)no1)N(C)CC(O)C1CC1. The van der Waals surface area contributed by atoms with Gasteiger partial charge in [0.05, 0.1) is 12.1 Å². The molecule has 0 radical (unpaired) electrons. The summed E-state index contributed by atoms with van der Waals surface area (Å²) in [5, 5.41) is 14.0. The Labute approximate surface area is 115 Å². The van der Waals surface area contributed by atoms with Gasteiger partial charge >= 0.3 is 0 Å². The summed E-state index contributed by atoms with van der Waals surface area (Å²) < 4.78 is 5.35. The Morgan fingerprint density at radius 1 is 1.42 bits per heavy atom. The van der Waals surface area contributed by atoms with Crippen molar-refractivity contribution >= 4 is 0 Å². The third-order valence-corrected chi connectivity index (χ3v) is 3.77. The molecular formula is C14H25N3O2. The van der Waals surface area contributed by atoms with E-state index in [1.165, 1.54) is 0 Å². The second-order valence-corrected chi connectivity index (χ2v) is 6.73.